The summed E-state index contributed by atoms with van der Waals surface area (Å²) >= 11 is 3.13. The Morgan fingerprint density at radius 3 is 2.43 bits per heavy atom. The summed E-state index contributed by atoms with van der Waals surface area (Å²) in [6.07, 6.45) is 0.395. The maximum Gasteiger partial charge on any atom is 0.254 e. The molecular weight excluding hydrogens is 256 g/mol. The number of aliphatic hydroxyl groups is 1. The number of hydrogen-bond acceptors (Lipinski definition) is 2. The van der Waals surface area contributed by atoms with Crippen LogP contribution in [0.25, 0.3) is 0 Å². The number of alkyl halides is 2. The van der Waals surface area contributed by atoms with Gasteiger partial charge in [-0.15, -0.1) is 0 Å². The molecule has 1 N–H and O–H groups in total. The van der Waals surface area contributed by atoms with E-state index in [0.29, 0.717) is 10.2 Å². The molecule has 1 heterocycles. The first-order valence-corrected chi connectivity index (χ1v) is 4.93. The van der Waals surface area contributed by atoms with Crippen molar-refractivity contribution < 1.29 is 13.9 Å². The minimum atomic E-state index is -2.73. The van der Waals surface area contributed by atoms with E-state index in [4.69, 9.17) is 0 Å². The van der Waals surface area contributed by atoms with Gasteiger partial charge in [0.05, 0.1) is 0 Å². The van der Waals surface area contributed by atoms with Gasteiger partial charge in [-0.05, 0) is 22.0 Å². The average Bonchev–Trinajstić information content (AvgIpc) is 2.01. The Bertz CT molecular complexity index is 344. The predicted molar refractivity (Wildman–Crippen MR) is 50.0 cm³/mol. The van der Waals surface area contributed by atoms with E-state index >= 15 is 0 Å². The average molecular weight is 264 g/mol. The standard InChI is InChI=1S/C9H8BrF2NO/c10-7-2-1-6(3-13-7)8(14)4-9(11,12)5-8/h1-3,14H,4-5H2. The Kier molecular flexibility index (Phi) is 2.12. The molecule has 0 aromatic carbocycles. The molecule has 5 heteroatoms. The van der Waals surface area contributed by atoms with Crippen molar-refractivity contribution in [2.75, 3.05) is 0 Å². The molecule has 1 aromatic heterocycles. The van der Waals surface area contributed by atoms with Crippen LogP contribution in [-0.4, -0.2) is 16.0 Å². The van der Waals surface area contributed by atoms with Crippen molar-refractivity contribution in [3.05, 3.63) is 28.5 Å². The zero-order valence-electron chi connectivity index (χ0n) is 7.17. The van der Waals surface area contributed by atoms with Gasteiger partial charge >= 0.3 is 0 Å². The topological polar surface area (TPSA) is 33.1 Å². The van der Waals surface area contributed by atoms with Gasteiger partial charge in [-0.25, -0.2) is 13.8 Å². The molecule has 1 saturated carbocycles. The molecule has 1 aromatic rings. The van der Waals surface area contributed by atoms with E-state index in [-0.39, 0.29) is 0 Å². The van der Waals surface area contributed by atoms with Gasteiger partial charge < -0.3 is 5.11 Å². The fraction of sp³-hybridized carbons (Fsp3) is 0.444. The van der Waals surface area contributed by atoms with E-state index in [0.717, 1.165) is 0 Å². The second kappa shape index (κ2) is 2.97. The van der Waals surface area contributed by atoms with E-state index in [2.05, 4.69) is 20.9 Å². The van der Waals surface area contributed by atoms with Gasteiger partial charge in [0, 0.05) is 24.6 Å². The van der Waals surface area contributed by atoms with Crippen LogP contribution in [0.4, 0.5) is 8.78 Å². The summed E-state index contributed by atoms with van der Waals surface area (Å²) in [5.41, 5.74) is -0.941. The Morgan fingerprint density at radius 1 is 1.36 bits per heavy atom. The Balaban J connectivity index is 2.21. The zero-order valence-corrected chi connectivity index (χ0v) is 8.76. The van der Waals surface area contributed by atoms with E-state index < -0.39 is 24.4 Å². The van der Waals surface area contributed by atoms with Crippen LogP contribution >= 0.6 is 15.9 Å². The van der Waals surface area contributed by atoms with E-state index in [1.165, 1.54) is 6.20 Å². The van der Waals surface area contributed by atoms with Gasteiger partial charge in [-0.2, -0.15) is 0 Å². The van der Waals surface area contributed by atoms with Crippen molar-refractivity contribution >= 4 is 15.9 Å². The number of nitrogens with zero attached hydrogens (tertiary/aromatic N) is 1. The molecule has 0 unspecified atom stereocenters. The third-order valence-electron chi connectivity index (χ3n) is 2.37. The van der Waals surface area contributed by atoms with Gasteiger partial charge in [-0.1, -0.05) is 6.07 Å². The Morgan fingerprint density at radius 2 is 2.00 bits per heavy atom. The van der Waals surface area contributed by atoms with Crippen molar-refractivity contribution in [1.29, 1.82) is 0 Å². The van der Waals surface area contributed by atoms with Gasteiger partial charge in [0.25, 0.3) is 5.92 Å². The molecule has 0 aliphatic heterocycles. The summed E-state index contributed by atoms with van der Waals surface area (Å²) in [5, 5.41) is 9.77. The summed E-state index contributed by atoms with van der Waals surface area (Å²) in [4.78, 5) is 3.89. The summed E-state index contributed by atoms with van der Waals surface area (Å²) < 4.78 is 25.8. The first-order chi connectivity index (χ1) is 6.41. The lowest BCUT2D eigenvalue weighted by Crippen LogP contribution is -2.49. The molecule has 0 bridgehead atoms. The SMILES string of the molecule is OC1(c2ccc(Br)nc2)CC(F)(F)C1. The minimum Gasteiger partial charge on any atom is -0.385 e. The van der Waals surface area contributed by atoms with Crippen LogP contribution in [0.1, 0.15) is 18.4 Å². The number of aromatic nitrogens is 1. The van der Waals surface area contributed by atoms with Crippen molar-refractivity contribution in [3.8, 4) is 0 Å². The molecule has 1 aliphatic rings. The summed E-state index contributed by atoms with van der Waals surface area (Å²) in [5.74, 6) is -2.73. The van der Waals surface area contributed by atoms with Crippen LogP contribution < -0.4 is 0 Å². The zero-order chi connectivity index (χ0) is 10.4. The fourth-order valence-electron chi connectivity index (χ4n) is 1.66. The summed E-state index contributed by atoms with van der Waals surface area (Å²) in [6, 6.07) is 3.23. The molecule has 1 fully saturated rings. The lowest BCUT2D eigenvalue weighted by Gasteiger charge is -2.43. The van der Waals surface area contributed by atoms with Crippen LogP contribution in [0.15, 0.2) is 22.9 Å². The van der Waals surface area contributed by atoms with E-state index in [9.17, 15) is 13.9 Å². The van der Waals surface area contributed by atoms with Crippen LogP contribution in [0, 0.1) is 0 Å². The summed E-state index contributed by atoms with van der Waals surface area (Å²) in [7, 11) is 0. The second-order valence-corrected chi connectivity index (χ2v) is 4.42. The fourth-order valence-corrected chi connectivity index (χ4v) is 1.89. The highest BCUT2D eigenvalue weighted by molar-refractivity contribution is 9.10. The van der Waals surface area contributed by atoms with Gasteiger partial charge in [-0.3, -0.25) is 0 Å². The predicted octanol–water partition coefficient (Wildman–Crippen LogP) is 2.46. The molecule has 2 rings (SSSR count). The highest BCUT2D eigenvalue weighted by Crippen LogP contribution is 2.51. The van der Waals surface area contributed by atoms with Gasteiger partial charge in [0.1, 0.15) is 10.2 Å². The van der Waals surface area contributed by atoms with Crippen LogP contribution in [0.5, 0.6) is 0 Å². The molecule has 14 heavy (non-hydrogen) atoms. The van der Waals surface area contributed by atoms with Crippen molar-refractivity contribution in [2.45, 2.75) is 24.4 Å². The van der Waals surface area contributed by atoms with Crippen LogP contribution in [0.2, 0.25) is 0 Å². The van der Waals surface area contributed by atoms with Crippen molar-refractivity contribution in [2.24, 2.45) is 0 Å². The van der Waals surface area contributed by atoms with Gasteiger partial charge in [0.2, 0.25) is 0 Å². The number of pyridine rings is 1. The van der Waals surface area contributed by atoms with Crippen LogP contribution in [-0.2, 0) is 5.60 Å². The first-order valence-electron chi connectivity index (χ1n) is 4.14. The molecule has 0 saturated heterocycles. The van der Waals surface area contributed by atoms with Crippen molar-refractivity contribution in [3.63, 3.8) is 0 Å². The lowest BCUT2D eigenvalue weighted by atomic mass is 9.72. The molecule has 0 radical (unpaired) electrons. The molecular formula is C9H8BrF2NO. The maximum absolute atomic E-state index is 12.6. The van der Waals surface area contributed by atoms with E-state index in [1.807, 2.05) is 0 Å². The minimum absolute atomic E-state index is 0.451. The molecule has 0 spiro atoms. The third kappa shape index (κ3) is 1.66. The smallest absolute Gasteiger partial charge is 0.254 e. The second-order valence-electron chi connectivity index (χ2n) is 3.61. The number of halogens is 3. The molecule has 0 atom stereocenters. The van der Waals surface area contributed by atoms with E-state index in [1.54, 1.807) is 12.1 Å². The monoisotopic (exact) mass is 263 g/mol. The summed E-state index contributed by atoms with van der Waals surface area (Å²) in [6.45, 7) is 0. The number of hydrogen-bond donors (Lipinski definition) is 1. The highest BCUT2D eigenvalue weighted by Gasteiger charge is 2.56. The molecule has 2 nitrogen and oxygen atoms in total. The number of rotatable bonds is 1. The van der Waals surface area contributed by atoms with Crippen LogP contribution in [0.3, 0.4) is 0 Å². The normalized spacial score (nSPS) is 22.9. The Hall–Kier alpha value is -0.550. The first kappa shape index (κ1) is 9.98. The quantitative estimate of drug-likeness (QED) is 0.790. The largest absolute Gasteiger partial charge is 0.385 e. The maximum atomic E-state index is 12.6. The van der Waals surface area contributed by atoms with Gasteiger partial charge in [0.15, 0.2) is 0 Å². The Labute approximate surface area is 88.1 Å². The molecule has 1 aliphatic carbocycles. The molecule has 0 amide bonds. The lowest BCUT2D eigenvalue weighted by molar-refractivity contribution is -0.210. The highest BCUT2D eigenvalue weighted by atomic mass is 79.9. The van der Waals surface area contributed by atoms with Crippen molar-refractivity contribution in [1.82, 2.24) is 4.98 Å². The molecule has 76 valence electrons. The third-order valence-corrected chi connectivity index (χ3v) is 2.84.